The summed E-state index contributed by atoms with van der Waals surface area (Å²) in [6.45, 7) is 9.42. The first-order valence-corrected chi connectivity index (χ1v) is 11.0. The zero-order valence-electron chi connectivity index (χ0n) is 17.0. The number of fused-ring (bicyclic) bond motifs is 1. The van der Waals surface area contributed by atoms with Crippen LogP contribution in [0.15, 0.2) is 28.6 Å². The number of rotatable bonds is 6. The number of ether oxygens (including phenoxy) is 1. The summed E-state index contributed by atoms with van der Waals surface area (Å²) in [6, 6.07) is 6.02. The summed E-state index contributed by atoms with van der Waals surface area (Å²) >= 11 is 2.97. The molecule has 0 saturated carbocycles. The molecule has 0 fully saturated rings. The van der Waals surface area contributed by atoms with E-state index in [-0.39, 0.29) is 11.7 Å². The number of nitrogens with zero attached hydrogens (tertiary/aromatic N) is 4. The Hall–Kier alpha value is -2.20. The third-order valence-electron chi connectivity index (χ3n) is 3.89. The predicted octanol–water partition coefficient (Wildman–Crippen LogP) is 4.84. The van der Waals surface area contributed by atoms with Crippen LogP contribution in [0.4, 0.5) is 9.18 Å². The lowest BCUT2D eigenvalue weighted by Gasteiger charge is -2.24. The summed E-state index contributed by atoms with van der Waals surface area (Å²) in [6.07, 6.45) is -0.505. The van der Waals surface area contributed by atoms with Crippen molar-refractivity contribution in [1.82, 2.24) is 25.1 Å². The zero-order chi connectivity index (χ0) is 21.2. The SMILES string of the molecule is CC(C)C(NC(=O)OC(C)(C)C)c1nnc2sc(SCc3ccc(F)cc3)nn12. The van der Waals surface area contributed by atoms with Crippen LogP contribution in [0.25, 0.3) is 4.96 Å². The van der Waals surface area contributed by atoms with Crippen molar-refractivity contribution in [3.63, 3.8) is 0 Å². The van der Waals surface area contributed by atoms with Crippen LogP contribution in [-0.4, -0.2) is 31.5 Å². The van der Waals surface area contributed by atoms with Gasteiger partial charge in [-0.1, -0.05) is 49.1 Å². The molecule has 156 valence electrons. The molecule has 7 nitrogen and oxygen atoms in total. The van der Waals surface area contributed by atoms with E-state index in [2.05, 4.69) is 20.6 Å². The molecule has 1 amide bonds. The van der Waals surface area contributed by atoms with Gasteiger partial charge in [-0.15, -0.1) is 15.3 Å². The minimum Gasteiger partial charge on any atom is -0.444 e. The Labute approximate surface area is 177 Å². The molecule has 2 heterocycles. The number of benzene rings is 1. The first-order chi connectivity index (χ1) is 13.6. The van der Waals surface area contributed by atoms with Gasteiger partial charge in [0.2, 0.25) is 4.96 Å². The van der Waals surface area contributed by atoms with Gasteiger partial charge < -0.3 is 10.1 Å². The molecule has 29 heavy (non-hydrogen) atoms. The number of carbonyl (C=O) groups excluding carboxylic acids is 1. The van der Waals surface area contributed by atoms with Crippen molar-refractivity contribution >= 4 is 34.2 Å². The number of hydrogen-bond acceptors (Lipinski definition) is 7. The fraction of sp³-hybridized carbons (Fsp3) is 0.474. The summed E-state index contributed by atoms with van der Waals surface area (Å²) in [5, 5.41) is 15.9. The van der Waals surface area contributed by atoms with Crippen LogP contribution in [0.5, 0.6) is 0 Å². The van der Waals surface area contributed by atoms with E-state index >= 15 is 0 Å². The minimum absolute atomic E-state index is 0.0620. The maximum Gasteiger partial charge on any atom is 0.408 e. The molecule has 1 aromatic carbocycles. The van der Waals surface area contributed by atoms with E-state index in [1.54, 1.807) is 28.4 Å². The highest BCUT2D eigenvalue weighted by atomic mass is 32.2. The van der Waals surface area contributed by atoms with Gasteiger partial charge in [-0.3, -0.25) is 0 Å². The Morgan fingerprint density at radius 3 is 2.59 bits per heavy atom. The lowest BCUT2D eigenvalue weighted by atomic mass is 10.0. The first kappa shape index (κ1) is 21.5. The Kier molecular flexibility index (Phi) is 6.42. The highest BCUT2D eigenvalue weighted by Gasteiger charge is 2.27. The van der Waals surface area contributed by atoms with E-state index < -0.39 is 17.7 Å². The molecule has 2 aromatic heterocycles. The quantitative estimate of drug-likeness (QED) is 0.556. The van der Waals surface area contributed by atoms with Crippen LogP contribution >= 0.6 is 23.1 Å². The van der Waals surface area contributed by atoms with E-state index in [0.717, 1.165) is 9.90 Å². The molecule has 3 aromatic rings. The first-order valence-electron chi connectivity index (χ1n) is 9.21. The van der Waals surface area contributed by atoms with Gasteiger partial charge in [0.05, 0.1) is 6.04 Å². The summed E-state index contributed by atoms with van der Waals surface area (Å²) in [5.41, 5.74) is 0.422. The van der Waals surface area contributed by atoms with Gasteiger partial charge >= 0.3 is 6.09 Å². The van der Waals surface area contributed by atoms with Crippen LogP contribution in [0, 0.1) is 11.7 Å². The molecule has 1 unspecified atom stereocenters. The smallest absolute Gasteiger partial charge is 0.408 e. The van der Waals surface area contributed by atoms with Gasteiger partial charge in [0.1, 0.15) is 11.4 Å². The molecule has 1 N–H and O–H groups in total. The Balaban J connectivity index is 1.76. The molecule has 0 aliphatic rings. The molecule has 10 heteroatoms. The van der Waals surface area contributed by atoms with Crippen molar-refractivity contribution in [2.45, 2.75) is 56.4 Å². The number of nitrogens with one attached hydrogen (secondary N) is 1. The van der Waals surface area contributed by atoms with Crippen LogP contribution < -0.4 is 5.32 Å². The van der Waals surface area contributed by atoms with E-state index in [9.17, 15) is 9.18 Å². The van der Waals surface area contributed by atoms with Gasteiger partial charge in [-0.2, -0.15) is 4.52 Å². The number of hydrogen-bond donors (Lipinski definition) is 1. The predicted molar refractivity (Wildman–Crippen MR) is 112 cm³/mol. The lowest BCUT2D eigenvalue weighted by Crippen LogP contribution is -2.37. The largest absolute Gasteiger partial charge is 0.444 e. The molecule has 0 aliphatic heterocycles. The molecule has 0 aliphatic carbocycles. The van der Waals surface area contributed by atoms with E-state index in [0.29, 0.717) is 16.5 Å². The summed E-state index contributed by atoms with van der Waals surface area (Å²) in [5.74, 6) is 1.04. The third kappa shape index (κ3) is 5.66. The van der Waals surface area contributed by atoms with Gasteiger partial charge in [-0.05, 0) is 44.4 Å². The second-order valence-corrected chi connectivity index (χ2v) is 10.1. The summed E-state index contributed by atoms with van der Waals surface area (Å²) < 4.78 is 20.9. The second kappa shape index (κ2) is 8.66. The molecule has 0 radical (unpaired) electrons. The Morgan fingerprint density at radius 1 is 1.28 bits per heavy atom. The normalized spacial score (nSPS) is 13.1. The monoisotopic (exact) mass is 437 g/mol. The highest BCUT2D eigenvalue weighted by Crippen LogP contribution is 2.30. The van der Waals surface area contributed by atoms with Crippen LogP contribution in [0.3, 0.4) is 0 Å². The number of amides is 1. The molecule has 0 bridgehead atoms. The van der Waals surface area contributed by atoms with E-state index in [4.69, 9.17) is 4.74 Å². The average molecular weight is 438 g/mol. The molecular formula is C19H24FN5O2S2. The van der Waals surface area contributed by atoms with Crippen molar-refractivity contribution < 1.29 is 13.9 Å². The van der Waals surface area contributed by atoms with Crippen molar-refractivity contribution in [1.29, 1.82) is 0 Å². The molecule has 3 rings (SSSR count). The standard InChI is InChI=1S/C19H24FN5O2S2/c1-11(2)14(21-17(26)27-19(3,4)5)15-22-23-16-25(15)24-18(29-16)28-10-12-6-8-13(20)9-7-12/h6-9,11,14H,10H2,1-5H3,(H,21,26). The lowest BCUT2D eigenvalue weighted by molar-refractivity contribution is 0.0486. The van der Waals surface area contributed by atoms with Gasteiger partial charge in [0.25, 0.3) is 0 Å². The fourth-order valence-electron chi connectivity index (χ4n) is 2.56. The van der Waals surface area contributed by atoms with E-state index in [1.807, 2.05) is 34.6 Å². The summed E-state index contributed by atoms with van der Waals surface area (Å²) in [7, 11) is 0. The average Bonchev–Trinajstić information content (AvgIpc) is 3.18. The van der Waals surface area contributed by atoms with E-state index in [1.165, 1.54) is 23.5 Å². The van der Waals surface area contributed by atoms with Crippen LogP contribution in [0.1, 0.15) is 52.0 Å². The maximum absolute atomic E-state index is 13.0. The summed E-state index contributed by atoms with van der Waals surface area (Å²) in [4.78, 5) is 12.9. The van der Waals surface area contributed by atoms with Crippen molar-refractivity contribution in [3.8, 4) is 0 Å². The maximum atomic E-state index is 13.0. The number of alkyl carbamates (subject to hydrolysis) is 1. The Morgan fingerprint density at radius 2 is 1.97 bits per heavy atom. The second-order valence-electron chi connectivity index (χ2n) is 7.90. The fourth-order valence-corrected chi connectivity index (χ4v) is 4.40. The molecule has 0 spiro atoms. The minimum atomic E-state index is -0.587. The highest BCUT2D eigenvalue weighted by molar-refractivity contribution is 8.00. The Bertz CT molecular complexity index is 979. The van der Waals surface area contributed by atoms with Gasteiger partial charge in [-0.25, -0.2) is 9.18 Å². The zero-order valence-corrected chi connectivity index (χ0v) is 18.6. The van der Waals surface area contributed by atoms with Crippen molar-refractivity contribution in [3.05, 3.63) is 41.5 Å². The topological polar surface area (TPSA) is 81.4 Å². The number of thioether (sulfide) groups is 1. The van der Waals surface area contributed by atoms with Crippen LogP contribution in [0.2, 0.25) is 0 Å². The van der Waals surface area contributed by atoms with Crippen molar-refractivity contribution in [2.75, 3.05) is 0 Å². The molecule has 0 saturated heterocycles. The number of halogens is 1. The van der Waals surface area contributed by atoms with Gasteiger partial charge in [0, 0.05) is 5.75 Å². The van der Waals surface area contributed by atoms with Crippen molar-refractivity contribution in [2.24, 2.45) is 5.92 Å². The molecule has 1 atom stereocenters. The van der Waals surface area contributed by atoms with Crippen LogP contribution in [-0.2, 0) is 10.5 Å². The third-order valence-corrected chi connectivity index (χ3v) is 5.99. The van der Waals surface area contributed by atoms with Gasteiger partial charge in [0.15, 0.2) is 10.2 Å². The number of carbonyl (C=O) groups is 1. The number of aromatic nitrogens is 4. The molecular weight excluding hydrogens is 413 g/mol.